The van der Waals surface area contributed by atoms with Crippen molar-refractivity contribution in [1.29, 1.82) is 5.26 Å². The number of thiocarbonyl (C=S) groups is 1. The van der Waals surface area contributed by atoms with Crippen molar-refractivity contribution in [2.24, 2.45) is 0 Å². The maximum Gasteiger partial charge on any atom is 0.414 e. The molecule has 9 heteroatoms. The molecule has 0 radical (unpaired) electrons. The highest BCUT2D eigenvalue weighted by atomic mass is 32.1. The zero-order chi connectivity index (χ0) is 19.4. The standard InChI is InChI=1S/C18H22FN5O2S/c1-13(27)21-11-15-12-24(18(25)26-15)14-2-3-17(16(19)10-14)23-8-6-22(5-4-20)7-9-23/h2-3,10,15H,5-9,11-12H2,1H3,(H,21,27)/t15-/m0/s1. The number of nitriles is 1. The summed E-state index contributed by atoms with van der Waals surface area (Å²) in [4.78, 5) is 18.2. The zero-order valence-electron chi connectivity index (χ0n) is 15.2. The smallest absolute Gasteiger partial charge is 0.414 e. The summed E-state index contributed by atoms with van der Waals surface area (Å²) in [5, 5.41) is 11.7. The molecule has 0 bridgehead atoms. The normalized spacial score (nSPS) is 20.3. The molecule has 1 aromatic carbocycles. The number of rotatable bonds is 5. The third-order valence-corrected chi connectivity index (χ3v) is 4.85. The van der Waals surface area contributed by atoms with Crippen LogP contribution in [-0.2, 0) is 4.74 Å². The van der Waals surface area contributed by atoms with Gasteiger partial charge in [0.1, 0.15) is 11.9 Å². The fraction of sp³-hybridized carbons (Fsp3) is 0.500. The SMILES string of the molecule is CC(=S)NC[C@H]1CN(c2ccc(N3CCN(CC#N)CC3)c(F)c2)C(=O)O1. The van der Waals surface area contributed by atoms with Crippen LogP contribution >= 0.6 is 12.2 Å². The van der Waals surface area contributed by atoms with Crippen molar-refractivity contribution in [3.05, 3.63) is 24.0 Å². The van der Waals surface area contributed by atoms with Crippen LogP contribution in [0, 0.1) is 17.1 Å². The molecule has 144 valence electrons. The van der Waals surface area contributed by atoms with Gasteiger partial charge in [0.05, 0.1) is 42.1 Å². The molecular formula is C18H22FN5O2S. The highest BCUT2D eigenvalue weighted by Gasteiger charge is 2.32. The number of cyclic esters (lactones) is 1. The van der Waals surface area contributed by atoms with Crippen molar-refractivity contribution in [3.63, 3.8) is 0 Å². The van der Waals surface area contributed by atoms with Crippen LogP contribution in [0.4, 0.5) is 20.6 Å². The van der Waals surface area contributed by atoms with Crippen molar-refractivity contribution in [3.8, 4) is 6.07 Å². The monoisotopic (exact) mass is 391 g/mol. The van der Waals surface area contributed by atoms with Crippen LogP contribution in [0.1, 0.15) is 6.92 Å². The Kier molecular flexibility index (Phi) is 6.08. The molecule has 2 aliphatic rings. The van der Waals surface area contributed by atoms with E-state index in [-0.39, 0.29) is 11.9 Å². The van der Waals surface area contributed by atoms with Gasteiger partial charge >= 0.3 is 6.09 Å². The van der Waals surface area contributed by atoms with E-state index in [0.29, 0.717) is 49.1 Å². The average molecular weight is 391 g/mol. The van der Waals surface area contributed by atoms with Crippen molar-refractivity contribution in [1.82, 2.24) is 10.2 Å². The second-order valence-electron chi connectivity index (χ2n) is 6.61. The molecule has 0 unspecified atom stereocenters. The number of nitrogens with one attached hydrogen (secondary N) is 1. The number of hydrogen-bond acceptors (Lipinski definition) is 6. The Morgan fingerprint density at radius 3 is 2.78 bits per heavy atom. The van der Waals surface area contributed by atoms with E-state index in [2.05, 4.69) is 11.4 Å². The van der Waals surface area contributed by atoms with Crippen LogP contribution < -0.4 is 15.1 Å². The maximum absolute atomic E-state index is 14.7. The molecule has 1 amide bonds. The van der Waals surface area contributed by atoms with Gasteiger partial charge in [-0.05, 0) is 25.1 Å². The molecular weight excluding hydrogens is 369 g/mol. The molecule has 2 saturated heterocycles. The molecule has 1 aromatic rings. The van der Waals surface area contributed by atoms with Crippen molar-refractivity contribution < 1.29 is 13.9 Å². The summed E-state index contributed by atoms with van der Waals surface area (Å²) in [6.45, 7) is 5.71. The van der Waals surface area contributed by atoms with E-state index in [9.17, 15) is 9.18 Å². The van der Waals surface area contributed by atoms with E-state index in [1.807, 2.05) is 9.80 Å². The van der Waals surface area contributed by atoms with E-state index in [1.54, 1.807) is 19.1 Å². The summed E-state index contributed by atoms with van der Waals surface area (Å²) in [5.41, 5.74) is 0.989. The predicted molar refractivity (Wildman–Crippen MR) is 105 cm³/mol. The van der Waals surface area contributed by atoms with Gasteiger partial charge in [-0.1, -0.05) is 12.2 Å². The van der Waals surface area contributed by atoms with Gasteiger partial charge in [0.15, 0.2) is 0 Å². The number of carbonyl (C=O) groups excluding carboxylic acids is 1. The van der Waals surface area contributed by atoms with Crippen LogP contribution in [0.5, 0.6) is 0 Å². The van der Waals surface area contributed by atoms with Gasteiger partial charge in [-0.15, -0.1) is 0 Å². The van der Waals surface area contributed by atoms with Crippen LogP contribution in [0.15, 0.2) is 18.2 Å². The van der Waals surface area contributed by atoms with Crippen LogP contribution in [-0.4, -0.2) is 67.9 Å². The number of amides is 1. The lowest BCUT2D eigenvalue weighted by molar-refractivity contribution is 0.143. The Balaban J connectivity index is 1.64. The van der Waals surface area contributed by atoms with E-state index in [1.165, 1.54) is 11.0 Å². The lowest BCUT2D eigenvalue weighted by atomic mass is 10.2. The molecule has 1 N–H and O–H groups in total. The fourth-order valence-corrected chi connectivity index (χ4v) is 3.35. The van der Waals surface area contributed by atoms with Crippen LogP contribution in [0.3, 0.4) is 0 Å². The molecule has 0 spiro atoms. The number of anilines is 2. The highest BCUT2D eigenvalue weighted by Crippen LogP contribution is 2.28. The molecule has 3 rings (SSSR count). The highest BCUT2D eigenvalue weighted by molar-refractivity contribution is 7.80. The Hall–Kier alpha value is -2.44. The maximum atomic E-state index is 14.7. The van der Waals surface area contributed by atoms with Gasteiger partial charge in [0.25, 0.3) is 0 Å². The number of piperazine rings is 1. The van der Waals surface area contributed by atoms with Gasteiger partial charge < -0.3 is 15.0 Å². The Labute approximate surface area is 163 Å². The molecule has 0 saturated carbocycles. The number of halogens is 1. The van der Waals surface area contributed by atoms with Gasteiger partial charge in [-0.2, -0.15) is 5.26 Å². The molecule has 2 aliphatic heterocycles. The first-order chi connectivity index (χ1) is 13.0. The predicted octanol–water partition coefficient (Wildman–Crippen LogP) is 1.73. The molecule has 7 nitrogen and oxygen atoms in total. The minimum absolute atomic E-state index is 0.327. The number of carbonyl (C=O) groups is 1. The topological polar surface area (TPSA) is 71.8 Å². The van der Waals surface area contributed by atoms with Gasteiger partial charge in [-0.25, -0.2) is 9.18 Å². The average Bonchev–Trinajstić information content (AvgIpc) is 3.02. The summed E-state index contributed by atoms with van der Waals surface area (Å²) in [5.74, 6) is -0.370. The summed E-state index contributed by atoms with van der Waals surface area (Å²) in [7, 11) is 0. The zero-order valence-corrected chi connectivity index (χ0v) is 16.0. The second-order valence-corrected chi connectivity index (χ2v) is 7.22. The summed E-state index contributed by atoms with van der Waals surface area (Å²) < 4.78 is 20.0. The number of benzene rings is 1. The third-order valence-electron chi connectivity index (χ3n) is 4.70. The van der Waals surface area contributed by atoms with Crippen molar-refractivity contribution in [2.45, 2.75) is 13.0 Å². The second kappa shape index (κ2) is 8.50. The Morgan fingerprint density at radius 2 is 2.15 bits per heavy atom. The minimum Gasteiger partial charge on any atom is -0.442 e. The molecule has 2 fully saturated rings. The third kappa shape index (κ3) is 4.64. The largest absolute Gasteiger partial charge is 0.442 e. The first kappa shape index (κ1) is 19.3. The first-order valence-electron chi connectivity index (χ1n) is 8.84. The van der Waals surface area contributed by atoms with Crippen molar-refractivity contribution >= 4 is 34.7 Å². The van der Waals surface area contributed by atoms with Gasteiger partial charge in [0.2, 0.25) is 0 Å². The lowest BCUT2D eigenvalue weighted by Gasteiger charge is -2.35. The molecule has 0 aromatic heterocycles. The van der Waals surface area contributed by atoms with Crippen LogP contribution in [0.2, 0.25) is 0 Å². The van der Waals surface area contributed by atoms with Crippen LogP contribution in [0.25, 0.3) is 0 Å². The number of hydrogen-bond donors (Lipinski definition) is 1. The molecule has 0 aliphatic carbocycles. The molecule has 2 heterocycles. The quantitative estimate of drug-likeness (QED) is 0.605. The van der Waals surface area contributed by atoms with Gasteiger partial charge in [-0.3, -0.25) is 9.80 Å². The van der Waals surface area contributed by atoms with E-state index < -0.39 is 6.09 Å². The Morgan fingerprint density at radius 1 is 1.41 bits per heavy atom. The lowest BCUT2D eigenvalue weighted by Crippen LogP contribution is -2.46. The molecule has 1 atom stereocenters. The summed E-state index contributed by atoms with van der Waals surface area (Å²) in [6, 6.07) is 6.95. The first-order valence-corrected chi connectivity index (χ1v) is 9.25. The van der Waals surface area contributed by atoms with Crippen molar-refractivity contribution in [2.75, 3.05) is 55.6 Å². The number of ether oxygens (including phenoxy) is 1. The van der Waals surface area contributed by atoms with E-state index in [0.717, 1.165) is 13.1 Å². The van der Waals surface area contributed by atoms with Gasteiger partial charge in [0, 0.05) is 26.2 Å². The Bertz CT molecular complexity index is 761. The van der Waals surface area contributed by atoms with E-state index in [4.69, 9.17) is 22.2 Å². The summed E-state index contributed by atoms with van der Waals surface area (Å²) >= 11 is 4.96. The summed E-state index contributed by atoms with van der Waals surface area (Å²) in [6.07, 6.45) is -0.813. The fourth-order valence-electron chi connectivity index (χ4n) is 3.26. The number of nitrogens with zero attached hydrogens (tertiary/aromatic N) is 4. The minimum atomic E-state index is -0.485. The molecule has 27 heavy (non-hydrogen) atoms. The van der Waals surface area contributed by atoms with E-state index >= 15 is 0 Å².